The third kappa shape index (κ3) is 4.44. The van der Waals surface area contributed by atoms with Crippen LogP contribution in [0.2, 0.25) is 0 Å². The van der Waals surface area contributed by atoms with E-state index in [1.54, 1.807) is 7.11 Å². The highest BCUT2D eigenvalue weighted by Crippen LogP contribution is 2.41. The second-order valence-electron chi connectivity index (χ2n) is 10.9. The number of hydrogen-bond donors (Lipinski definition) is 2. The lowest BCUT2D eigenvalue weighted by Crippen LogP contribution is -2.44. The van der Waals surface area contributed by atoms with Crippen LogP contribution in [0.1, 0.15) is 50.6 Å². The van der Waals surface area contributed by atoms with Crippen molar-refractivity contribution in [3.8, 4) is 11.1 Å². The maximum Gasteiger partial charge on any atom is 0.241 e. The number of aliphatic hydroxyl groups excluding tert-OH is 1. The van der Waals surface area contributed by atoms with Crippen LogP contribution in [0.25, 0.3) is 16.6 Å². The van der Waals surface area contributed by atoms with Gasteiger partial charge in [0.2, 0.25) is 5.95 Å². The first kappa shape index (κ1) is 23.6. The number of nitrogens with zero attached hydrogens (tertiary/aromatic N) is 5. The van der Waals surface area contributed by atoms with E-state index in [4.69, 9.17) is 19.6 Å². The summed E-state index contributed by atoms with van der Waals surface area (Å²) >= 11 is 0. The molecule has 3 aromatic heterocycles. The van der Waals surface area contributed by atoms with Gasteiger partial charge in [0.15, 0.2) is 0 Å². The second-order valence-corrected chi connectivity index (χ2v) is 10.9. The summed E-state index contributed by atoms with van der Waals surface area (Å²) in [5.41, 5.74) is 4.74. The minimum absolute atomic E-state index is 0.100. The Balaban J connectivity index is 1.36. The van der Waals surface area contributed by atoms with Crippen molar-refractivity contribution in [2.75, 3.05) is 50.2 Å². The SMILES string of the molecule is COC[C@H](C)Nc1ncc2c(-c3ccnc(N4CCC5(COC5)C4)c3)cc(C3CCC(O)CC3)n2n1. The van der Waals surface area contributed by atoms with Crippen molar-refractivity contribution in [2.45, 2.75) is 57.1 Å². The molecule has 5 heterocycles. The minimum Gasteiger partial charge on any atom is -0.393 e. The molecule has 3 aromatic rings. The molecule has 2 aliphatic heterocycles. The van der Waals surface area contributed by atoms with E-state index < -0.39 is 0 Å². The van der Waals surface area contributed by atoms with Gasteiger partial charge in [-0.1, -0.05) is 0 Å². The maximum absolute atomic E-state index is 10.1. The molecule has 1 atom stereocenters. The molecule has 1 spiro atoms. The lowest BCUT2D eigenvalue weighted by molar-refractivity contribution is -0.0985. The van der Waals surface area contributed by atoms with Crippen LogP contribution in [0, 0.1) is 5.41 Å². The Kier molecular flexibility index (Phi) is 6.31. The number of methoxy groups -OCH3 is 1. The fourth-order valence-electron chi connectivity index (χ4n) is 6.00. The van der Waals surface area contributed by atoms with Gasteiger partial charge in [-0.3, -0.25) is 0 Å². The van der Waals surface area contributed by atoms with E-state index in [1.807, 2.05) is 12.4 Å². The van der Waals surface area contributed by atoms with Crippen molar-refractivity contribution < 1.29 is 14.6 Å². The standard InChI is InChI=1S/C27H36N6O3/c1-18(14-35-2)30-26-29-13-24-22(12-23(33(24)31-26)19-3-5-21(34)6-4-19)20-7-9-28-25(11-20)32-10-8-27(15-32)16-36-17-27/h7,9,11-13,18-19,21,34H,3-6,8,10,14-17H2,1-2H3,(H,30,31)/t18-,19?,21?/m0/s1. The number of hydrogen-bond acceptors (Lipinski definition) is 8. The van der Waals surface area contributed by atoms with Crippen LogP contribution >= 0.6 is 0 Å². The molecule has 36 heavy (non-hydrogen) atoms. The van der Waals surface area contributed by atoms with E-state index in [-0.39, 0.29) is 12.1 Å². The molecule has 0 radical (unpaired) electrons. The second kappa shape index (κ2) is 9.61. The van der Waals surface area contributed by atoms with Crippen LogP contribution in [-0.2, 0) is 9.47 Å². The highest BCUT2D eigenvalue weighted by atomic mass is 16.5. The normalized spacial score (nSPS) is 24.2. The number of nitrogens with one attached hydrogen (secondary N) is 1. The van der Waals surface area contributed by atoms with Gasteiger partial charge in [-0.25, -0.2) is 14.5 Å². The van der Waals surface area contributed by atoms with Gasteiger partial charge in [0.05, 0.1) is 37.6 Å². The number of aromatic nitrogens is 4. The Hall–Kier alpha value is -2.75. The van der Waals surface area contributed by atoms with Gasteiger partial charge < -0.3 is 24.8 Å². The lowest BCUT2D eigenvalue weighted by Gasteiger charge is -2.37. The molecule has 1 saturated carbocycles. The zero-order chi connectivity index (χ0) is 24.7. The fourth-order valence-corrected chi connectivity index (χ4v) is 6.00. The van der Waals surface area contributed by atoms with Gasteiger partial charge in [0.25, 0.3) is 0 Å². The molecule has 6 rings (SSSR count). The van der Waals surface area contributed by atoms with Crippen molar-refractivity contribution in [1.29, 1.82) is 0 Å². The number of rotatable bonds is 7. The van der Waals surface area contributed by atoms with Crippen LogP contribution in [0.15, 0.2) is 30.6 Å². The summed E-state index contributed by atoms with van der Waals surface area (Å²) < 4.78 is 12.8. The van der Waals surface area contributed by atoms with Crippen LogP contribution in [0.4, 0.5) is 11.8 Å². The van der Waals surface area contributed by atoms with Crippen molar-refractivity contribution in [1.82, 2.24) is 19.6 Å². The van der Waals surface area contributed by atoms with Crippen molar-refractivity contribution in [3.63, 3.8) is 0 Å². The number of aliphatic hydroxyl groups is 1. The molecule has 9 heteroatoms. The van der Waals surface area contributed by atoms with Gasteiger partial charge >= 0.3 is 0 Å². The topological polar surface area (TPSA) is 97.0 Å². The predicted octanol–water partition coefficient (Wildman–Crippen LogP) is 3.48. The number of pyridine rings is 1. The summed E-state index contributed by atoms with van der Waals surface area (Å²) in [7, 11) is 1.70. The first-order chi connectivity index (χ1) is 17.5. The molecule has 9 nitrogen and oxygen atoms in total. The van der Waals surface area contributed by atoms with Gasteiger partial charge in [0, 0.05) is 55.0 Å². The summed E-state index contributed by atoms with van der Waals surface area (Å²) in [6.07, 6.45) is 8.37. The number of fused-ring (bicyclic) bond motifs is 1. The Morgan fingerprint density at radius 2 is 2.06 bits per heavy atom. The molecule has 0 bridgehead atoms. The summed E-state index contributed by atoms with van der Waals surface area (Å²) in [5, 5.41) is 18.3. The Morgan fingerprint density at radius 1 is 1.22 bits per heavy atom. The molecule has 0 unspecified atom stereocenters. The number of anilines is 2. The average molecular weight is 493 g/mol. The molecule has 0 amide bonds. The van der Waals surface area contributed by atoms with Gasteiger partial charge in [-0.05, 0) is 62.8 Å². The molecule has 3 aliphatic rings. The third-order valence-electron chi connectivity index (χ3n) is 8.09. The molecule has 0 aromatic carbocycles. The molecule has 2 saturated heterocycles. The monoisotopic (exact) mass is 492 g/mol. The quantitative estimate of drug-likeness (QED) is 0.518. The van der Waals surface area contributed by atoms with Crippen molar-refractivity contribution in [2.24, 2.45) is 5.41 Å². The van der Waals surface area contributed by atoms with E-state index in [1.165, 1.54) is 5.69 Å². The van der Waals surface area contributed by atoms with Crippen molar-refractivity contribution in [3.05, 3.63) is 36.3 Å². The maximum atomic E-state index is 10.1. The summed E-state index contributed by atoms with van der Waals surface area (Å²) in [5.74, 6) is 1.96. The molecule has 1 aliphatic carbocycles. The summed E-state index contributed by atoms with van der Waals surface area (Å²) in [4.78, 5) is 11.8. The molecular formula is C27H36N6O3. The minimum atomic E-state index is -0.193. The van der Waals surface area contributed by atoms with Gasteiger partial charge in [0.1, 0.15) is 5.82 Å². The van der Waals surface area contributed by atoms with Crippen molar-refractivity contribution >= 4 is 17.3 Å². The Bertz CT molecular complexity index is 1220. The largest absolute Gasteiger partial charge is 0.393 e. The Labute approximate surface area is 211 Å². The average Bonchev–Trinajstić information content (AvgIpc) is 3.48. The fraction of sp³-hybridized carbons (Fsp3) is 0.593. The smallest absolute Gasteiger partial charge is 0.241 e. The van der Waals surface area contributed by atoms with E-state index in [2.05, 4.69) is 44.8 Å². The van der Waals surface area contributed by atoms with Crippen LogP contribution in [0.5, 0.6) is 0 Å². The van der Waals surface area contributed by atoms with Crippen LogP contribution in [0.3, 0.4) is 0 Å². The first-order valence-corrected chi connectivity index (χ1v) is 13.1. The van der Waals surface area contributed by atoms with E-state index in [0.29, 0.717) is 23.9 Å². The van der Waals surface area contributed by atoms with E-state index in [9.17, 15) is 5.11 Å². The molecule has 192 valence electrons. The highest BCUT2D eigenvalue weighted by Gasteiger charge is 2.44. The number of ether oxygens (including phenoxy) is 2. The van der Waals surface area contributed by atoms with Crippen LogP contribution < -0.4 is 10.2 Å². The van der Waals surface area contributed by atoms with Crippen LogP contribution in [-0.4, -0.2) is 76.9 Å². The molecule has 3 fully saturated rings. The van der Waals surface area contributed by atoms with E-state index >= 15 is 0 Å². The lowest BCUT2D eigenvalue weighted by atomic mass is 9.85. The predicted molar refractivity (Wildman–Crippen MR) is 138 cm³/mol. The molecule has 2 N–H and O–H groups in total. The van der Waals surface area contributed by atoms with E-state index in [0.717, 1.165) is 80.9 Å². The summed E-state index contributed by atoms with van der Waals surface area (Å²) in [6, 6.07) is 6.66. The molecular weight excluding hydrogens is 456 g/mol. The highest BCUT2D eigenvalue weighted by molar-refractivity contribution is 5.82. The first-order valence-electron chi connectivity index (χ1n) is 13.1. The zero-order valence-corrected chi connectivity index (χ0v) is 21.2. The van der Waals surface area contributed by atoms with Gasteiger partial charge in [-0.2, -0.15) is 0 Å². The zero-order valence-electron chi connectivity index (χ0n) is 21.2. The van der Waals surface area contributed by atoms with Gasteiger partial charge in [-0.15, -0.1) is 5.10 Å². The third-order valence-corrected chi connectivity index (χ3v) is 8.09. The Morgan fingerprint density at radius 3 is 2.78 bits per heavy atom. The summed E-state index contributed by atoms with van der Waals surface area (Å²) in [6.45, 7) is 6.39.